The molecule has 0 aromatic carbocycles. The Morgan fingerprint density at radius 2 is 2.00 bits per heavy atom. The highest BCUT2D eigenvalue weighted by atomic mass is 32.1. The zero-order valence-corrected chi connectivity index (χ0v) is 16.6. The Morgan fingerprint density at radius 1 is 1.22 bits per heavy atom. The molecular formula is C19H17N3O3S2. The van der Waals surface area contributed by atoms with Gasteiger partial charge in [-0.3, -0.25) is 0 Å². The molecule has 0 aliphatic carbocycles. The Bertz CT molecular complexity index is 1060. The van der Waals surface area contributed by atoms with Crippen LogP contribution < -0.4 is 0 Å². The van der Waals surface area contributed by atoms with Gasteiger partial charge in [0.1, 0.15) is 5.00 Å². The van der Waals surface area contributed by atoms with Gasteiger partial charge < -0.3 is 13.7 Å². The van der Waals surface area contributed by atoms with Gasteiger partial charge in [-0.05, 0) is 49.9 Å². The maximum atomic E-state index is 12.9. The molecule has 0 aliphatic heterocycles. The molecule has 27 heavy (non-hydrogen) atoms. The highest BCUT2D eigenvalue weighted by molar-refractivity contribution is 7.15. The molecule has 0 fully saturated rings. The second-order valence-corrected chi connectivity index (χ2v) is 8.17. The maximum absolute atomic E-state index is 12.9. The summed E-state index contributed by atoms with van der Waals surface area (Å²) < 4.78 is 13.2. The van der Waals surface area contributed by atoms with Gasteiger partial charge in [-0.25, -0.2) is 4.79 Å². The number of esters is 1. The van der Waals surface area contributed by atoms with Gasteiger partial charge in [0.25, 0.3) is 11.8 Å². The van der Waals surface area contributed by atoms with Crippen molar-refractivity contribution in [3.63, 3.8) is 0 Å². The van der Waals surface area contributed by atoms with Crippen molar-refractivity contribution in [2.75, 3.05) is 0 Å². The number of carbonyl (C=O) groups is 1. The summed E-state index contributed by atoms with van der Waals surface area (Å²) >= 11 is 3.08. The largest absolute Gasteiger partial charge is 0.449 e. The summed E-state index contributed by atoms with van der Waals surface area (Å²) in [4.78, 5) is 14.9. The predicted octanol–water partition coefficient (Wildman–Crippen LogP) is 5.19. The first-order valence-electron chi connectivity index (χ1n) is 8.36. The molecule has 6 nitrogen and oxygen atoms in total. The summed E-state index contributed by atoms with van der Waals surface area (Å²) in [6, 6.07) is 7.66. The lowest BCUT2D eigenvalue weighted by molar-refractivity contribution is 0.0279. The third-order valence-electron chi connectivity index (χ3n) is 4.21. The number of hydrogen-bond donors (Lipinski definition) is 0. The Balaban J connectivity index is 1.58. The molecule has 8 heteroatoms. The fourth-order valence-electron chi connectivity index (χ4n) is 2.67. The molecular weight excluding hydrogens is 382 g/mol. The molecule has 0 saturated heterocycles. The molecule has 4 aromatic heterocycles. The minimum Gasteiger partial charge on any atom is -0.449 e. The van der Waals surface area contributed by atoms with E-state index in [0.717, 1.165) is 20.3 Å². The van der Waals surface area contributed by atoms with Crippen molar-refractivity contribution in [3.05, 3.63) is 63.9 Å². The lowest BCUT2D eigenvalue weighted by atomic mass is 10.1. The summed E-state index contributed by atoms with van der Waals surface area (Å²) in [6.45, 7) is 5.66. The quantitative estimate of drug-likeness (QED) is 0.432. The van der Waals surface area contributed by atoms with E-state index in [0.29, 0.717) is 11.5 Å². The number of hydrogen-bond acceptors (Lipinski definition) is 7. The van der Waals surface area contributed by atoms with Crippen LogP contribution in [0.3, 0.4) is 0 Å². The normalized spacial score (nSPS) is 12.3. The molecule has 1 atom stereocenters. The van der Waals surface area contributed by atoms with Crippen LogP contribution >= 0.6 is 22.7 Å². The minimum atomic E-state index is -0.643. The van der Waals surface area contributed by atoms with Crippen LogP contribution in [0.1, 0.15) is 39.7 Å². The van der Waals surface area contributed by atoms with Gasteiger partial charge in [-0.1, -0.05) is 6.07 Å². The third kappa shape index (κ3) is 3.33. The standard InChI is InChI=1S/C19H17N3O3S2/c1-11-13(3)27-18(22-8-4-5-9-22)15(11)19(23)24-12(2)16-20-21-17(25-16)14-7-6-10-26-14/h4-10,12H,1-3H3/t12-/m1/s1. The number of rotatable bonds is 5. The molecule has 0 unspecified atom stereocenters. The molecule has 0 N–H and O–H groups in total. The van der Waals surface area contributed by atoms with E-state index in [1.165, 1.54) is 11.3 Å². The Kier molecular flexibility index (Phi) is 4.67. The van der Waals surface area contributed by atoms with Crippen molar-refractivity contribution in [2.24, 2.45) is 0 Å². The van der Waals surface area contributed by atoms with Crippen LogP contribution in [0.25, 0.3) is 15.8 Å². The van der Waals surface area contributed by atoms with Gasteiger partial charge in [0.05, 0.1) is 10.4 Å². The number of carbonyl (C=O) groups excluding carboxylic acids is 1. The minimum absolute atomic E-state index is 0.277. The molecule has 0 aliphatic rings. The zero-order chi connectivity index (χ0) is 19.0. The lowest BCUT2D eigenvalue weighted by Crippen LogP contribution is -2.12. The van der Waals surface area contributed by atoms with Crippen LogP contribution in [-0.2, 0) is 4.74 Å². The molecule has 4 heterocycles. The maximum Gasteiger partial charge on any atom is 0.342 e. The Labute approximate surface area is 164 Å². The summed E-state index contributed by atoms with van der Waals surface area (Å²) in [5.41, 5.74) is 1.49. The molecule has 0 saturated carbocycles. The fourth-order valence-corrected chi connectivity index (χ4v) is 4.42. The first kappa shape index (κ1) is 17.7. The predicted molar refractivity (Wildman–Crippen MR) is 105 cm³/mol. The van der Waals surface area contributed by atoms with E-state index in [1.54, 1.807) is 18.3 Å². The van der Waals surface area contributed by atoms with Crippen molar-refractivity contribution in [1.82, 2.24) is 14.8 Å². The first-order valence-corrected chi connectivity index (χ1v) is 10.1. The van der Waals surface area contributed by atoms with E-state index in [9.17, 15) is 4.79 Å². The Morgan fingerprint density at radius 3 is 2.70 bits per heavy atom. The van der Waals surface area contributed by atoms with E-state index < -0.39 is 12.1 Å². The van der Waals surface area contributed by atoms with Crippen molar-refractivity contribution in [3.8, 4) is 15.8 Å². The SMILES string of the molecule is Cc1sc(-n2cccc2)c(C(=O)O[C@H](C)c2nnc(-c3cccs3)o2)c1C. The van der Waals surface area contributed by atoms with Crippen LogP contribution in [0, 0.1) is 13.8 Å². The molecule has 4 aromatic rings. The Hall–Kier alpha value is -2.71. The van der Waals surface area contributed by atoms with E-state index in [-0.39, 0.29) is 5.89 Å². The van der Waals surface area contributed by atoms with Crippen LogP contribution in [0.4, 0.5) is 0 Å². The van der Waals surface area contributed by atoms with E-state index in [1.807, 2.05) is 60.5 Å². The second kappa shape index (κ2) is 7.13. The monoisotopic (exact) mass is 399 g/mol. The number of thiophene rings is 2. The van der Waals surface area contributed by atoms with Crippen LogP contribution in [-0.4, -0.2) is 20.7 Å². The van der Waals surface area contributed by atoms with Crippen molar-refractivity contribution in [2.45, 2.75) is 26.9 Å². The first-order chi connectivity index (χ1) is 13.0. The summed E-state index contributed by atoms with van der Waals surface area (Å²) in [6.07, 6.45) is 3.18. The molecule has 0 radical (unpaired) electrons. The van der Waals surface area contributed by atoms with Gasteiger partial charge in [-0.15, -0.1) is 32.9 Å². The van der Waals surface area contributed by atoms with Crippen LogP contribution in [0.2, 0.25) is 0 Å². The molecule has 0 spiro atoms. The van der Waals surface area contributed by atoms with Crippen molar-refractivity contribution < 1.29 is 13.9 Å². The van der Waals surface area contributed by atoms with Gasteiger partial charge >= 0.3 is 5.97 Å². The van der Waals surface area contributed by atoms with Crippen LogP contribution in [0.15, 0.2) is 46.5 Å². The van der Waals surface area contributed by atoms with Gasteiger partial charge in [0.15, 0.2) is 6.10 Å². The zero-order valence-electron chi connectivity index (χ0n) is 15.0. The summed E-state index contributed by atoms with van der Waals surface area (Å²) in [5.74, 6) is 0.307. The van der Waals surface area contributed by atoms with Crippen LogP contribution in [0.5, 0.6) is 0 Å². The van der Waals surface area contributed by atoms with Gasteiger partial charge in [0, 0.05) is 17.3 Å². The highest BCUT2D eigenvalue weighted by Gasteiger charge is 2.26. The highest BCUT2D eigenvalue weighted by Crippen LogP contribution is 2.33. The van der Waals surface area contributed by atoms with Crippen molar-refractivity contribution >= 4 is 28.6 Å². The molecule has 138 valence electrons. The molecule has 0 bridgehead atoms. The lowest BCUT2D eigenvalue weighted by Gasteiger charge is -2.11. The number of aromatic nitrogens is 3. The van der Waals surface area contributed by atoms with E-state index in [2.05, 4.69) is 10.2 Å². The third-order valence-corrected chi connectivity index (χ3v) is 6.29. The smallest absolute Gasteiger partial charge is 0.342 e. The second-order valence-electron chi connectivity index (χ2n) is 6.02. The van der Waals surface area contributed by atoms with Gasteiger partial charge in [-0.2, -0.15) is 0 Å². The van der Waals surface area contributed by atoms with E-state index in [4.69, 9.17) is 9.15 Å². The molecule has 0 amide bonds. The van der Waals surface area contributed by atoms with Crippen molar-refractivity contribution in [1.29, 1.82) is 0 Å². The summed E-state index contributed by atoms with van der Waals surface area (Å²) in [7, 11) is 0. The van der Waals surface area contributed by atoms with E-state index >= 15 is 0 Å². The number of nitrogens with zero attached hydrogens (tertiary/aromatic N) is 3. The fraction of sp³-hybridized carbons (Fsp3) is 0.211. The summed E-state index contributed by atoms with van der Waals surface area (Å²) in [5, 5.41) is 10.9. The molecule has 4 rings (SSSR count). The average molecular weight is 399 g/mol. The number of ether oxygens (including phenoxy) is 1. The topological polar surface area (TPSA) is 70.2 Å². The number of aryl methyl sites for hydroxylation is 1. The van der Waals surface area contributed by atoms with Gasteiger partial charge in [0.2, 0.25) is 0 Å². The average Bonchev–Trinajstić information content (AvgIpc) is 3.43.